The van der Waals surface area contributed by atoms with Gasteiger partial charge in [-0.3, -0.25) is 0 Å². The lowest BCUT2D eigenvalue weighted by Crippen LogP contribution is -2.41. The van der Waals surface area contributed by atoms with Crippen LogP contribution >= 0.6 is 0 Å². The van der Waals surface area contributed by atoms with Crippen molar-refractivity contribution >= 4 is 0 Å². The molecule has 0 bridgehead atoms. The van der Waals surface area contributed by atoms with Crippen LogP contribution in [0.4, 0.5) is 0 Å². The van der Waals surface area contributed by atoms with E-state index in [1.807, 2.05) is 0 Å². The Balaban J connectivity index is 2.44. The van der Waals surface area contributed by atoms with Gasteiger partial charge in [-0.15, -0.1) is 0 Å². The summed E-state index contributed by atoms with van der Waals surface area (Å²) in [6, 6.07) is 9.45. The molecule has 1 heterocycles. The van der Waals surface area contributed by atoms with Crippen molar-refractivity contribution in [2.45, 2.75) is 46.6 Å². The molecule has 2 atom stereocenters. The molecule has 17 heavy (non-hydrogen) atoms. The summed E-state index contributed by atoms with van der Waals surface area (Å²) in [5.74, 6) is 1.36. The number of hydrogen-bond acceptors (Lipinski definition) is 1. The van der Waals surface area contributed by atoms with Crippen LogP contribution in [0.1, 0.15) is 57.7 Å². The second kappa shape index (κ2) is 4.45. The molecule has 0 saturated heterocycles. The highest BCUT2D eigenvalue weighted by Crippen LogP contribution is 2.41. The van der Waals surface area contributed by atoms with E-state index in [1.165, 1.54) is 5.56 Å². The number of rotatable bonds is 1. The fourth-order valence-electron chi connectivity index (χ4n) is 2.94. The molecule has 0 spiro atoms. The molecular weight excluding hydrogens is 206 g/mol. The van der Waals surface area contributed by atoms with Crippen LogP contribution in [-0.4, -0.2) is 6.54 Å². The minimum atomic E-state index is 0.276. The van der Waals surface area contributed by atoms with Gasteiger partial charge >= 0.3 is 0 Å². The van der Waals surface area contributed by atoms with Gasteiger partial charge in [0.2, 0.25) is 0 Å². The van der Waals surface area contributed by atoms with Gasteiger partial charge in [0.15, 0.2) is 0 Å². The first-order chi connectivity index (χ1) is 7.91. The molecule has 0 radical (unpaired) electrons. The van der Waals surface area contributed by atoms with E-state index in [0.717, 1.165) is 6.54 Å². The van der Waals surface area contributed by atoms with Crippen LogP contribution in [0.2, 0.25) is 0 Å². The molecule has 1 aromatic rings. The van der Waals surface area contributed by atoms with E-state index in [1.54, 1.807) is 5.56 Å². The SMILES string of the molecule is CC(C)C1CNC(C(C)(C)C)c2ccccc21. The van der Waals surface area contributed by atoms with Gasteiger partial charge in [0.1, 0.15) is 0 Å². The van der Waals surface area contributed by atoms with Gasteiger partial charge in [0.25, 0.3) is 0 Å². The van der Waals surface area contributed by atoms with Crippen LogP contribution in [0.5, 0.6) is 0 Å². The minimum Gasteiger partial charge on any atom is -0.309 e. The van der Waals surface area contributed by atoms with E-state index in [-0.39, 0.29) is 5.41 Å². The Hall–Kier alpha value is -0.820. The number of benzene rings is 1. The summed E-state index contributed by atoms with van der Waals surface area (Å²) < 4.78 is 0. The normalized spacial score (nSPS) is 24.8. The molecule has 0 saturated carbocycles. The van der Waals surface area contributed by atoms with Crippen LogP contribution in [0.15, 0.2) is 24.3 Å². The Labute approximate surface area is 106 Å². The Morgan fingerprint density at radius 3 is 2.24 bits per heavy atom. The van der Waals surface area contributed by atoms with Crippen LogP contribution in [0, 0.1) is 11.3 Å². The zero-order chi connectivity index (χ0) is 12.6. The molecule has 0 aliphatic carbocycles. The van der Waals surface area contributed by atoms with Gasteiger partial charge in [0, 0.05) is 12.6 Å². The summed E-state index contributed by atoms with van der Waals surface area (Å²) in [6.07, 6.45) is 0. The van der Waals surface area contributed by atoms with Gasteiger partial charge in [-0.1, -0.05) is 58.9 Å². The summed E-state index contributed by atoms with van der Waals surface area (Å²) >= 11 is 0. The molecule has 94 valence electrons. The van der Waals surface area contributed by atoms with E-state index in [2.05, 4.69) is 64.2 Å². The Kier molecular flexibility index (Phi) is 3.31. The smallest absolute Gasteiger partial charge is 0.0372 e. The third-order valence-electron chi connectivity index (χ3n) is 3.92. The highest BCUT2D eigenvalue weighted by Gasteiger charge is 2.34. The first-order valence-electron chi connectivity index (χ1n) is 6.73. The van der Waals surface area contributed by atoms with Crippen LogP contribution < -0.4 is 5.32 Å². The molecular formula is C16H25N. The minimum absolute atomic E-state index is 0.276. The molecule has 2 rings (SSSR count). The zero-order valence-electron chi connectivity index (χ0n) is 11.7. The second-order valence-electron chi connectivity index (χ2n) is 6.69. The van der Waals surface area contributed by atoms with Crippen LogP contribution in [0.25, 0.3) is 0 Å². The van der Waals surface area contributed by atoms with Crippen molar-refractivity contribution in [3.8, 4) is 0 Å². The predicted octanol–water partition coefficient (Wildman–Crippen LogP) is 4.12. The van der Waals surface area contributed by atoms with Crippen LogP contribution in [0.3, 0.4) is 0 Å². The lowest BCUT2D eigenvalue weighted by Gasteiger charge is -2.41. The maximum atomic E-state index is 3.75. The van der Waals surface area contributed by atoms with Gasteiger partial charge in [-0.25, -0.2) is 0 Å². The molecule has 0 aromatic heterocycles. The fraction of sp³-hybridized carbons (Fsp3) is 0.625. The van der Waals surface area contributed by atoms with Crippen LogP contribution in [-0.2, 0) is 0 Å². The standard InChI is InChI=1S/C16H25N/c1-11(2)14-10-17-15(16(3,4)5)13-9-7-6-8-12(13)14/h6-9,11,14-15,17H,10H2,1-5H3. The molecule has 0 amide bonds. The van der Waals surface area contributed by atoms with E-state index in [0.29, 0.717) is 17.9 Å². The van der Waals surface area contributed by atoms with E-state index >= 15 is 0 Å². The Morgan fingerprint density at radius 1 is 1.12 bits per heavy atom. The summed E-state index contributed by atoms with van der Waals surface area (Å²) in [6.45, 7) is 12.7. The van der Waals surface area contributed by atoms with Crippen molar-refractivity contribution in [2.24, 2.45) is 11.3 Å². The summed E-state index contributed by atoms with van der Waals surface area (Å²) in [5, 5.41) is 3.75. The van der Waals surface area contributed by atoms with Gasteiger partial charge in [0.05, 0.1) is 0 Å². The molecule has 1 aliphatic heterocycles. The lowest BCUT2D eigenvalue weighted by atomic mass is 9.73. The van der Waals surface area contributed by atoms with Gasteiger partial charge in [-0.2, -0.15) is 0 Å². The van der Waals surface area contributed by atoms with Gasteiger partial charge in [-0.05, 0) is 28.4 Å². The Bertz CT molecular complexity index is 387. The molecule has 1 heteroatoms. The first kappa shape index (κ1) is 12.6. The monoisotopic (exact) mass is 231 g/mol. The molecule has 2 unspecified atom stereocenters. The Morgan fingerprint density at radius 2 is 1.71 bits per heavy atom. The molecule has 1 N–H and O–H groups in total. The summed E-state index contributed by atoms with van der Waals surface area (Å²) in [7, 11) is 0. The van der Waals surface area contributed by atoms with E-state index in [9.17, 15) is 0 Å². The lowest BCUT2D eigenvalue weighted by molar-refractivity contribution is 0.243. The average Bonchev–Trinajstić information content (AvgIpc) is 2.26. The van der Waals surface area contributed by atoms with E-state index in [4.69, 9.17) is 0 Å². The van der Waals surface area contributed by atoms with Crippen molar-refractivity contribution < 1.29 is 0 Å². The van der Waals surface area contributed by atoms with Gasteiger partial charge < -0.3 is 5.32 Å². The number of fused-ring (bicyclic) bond motifs is 1. The topological polar surface area (TPSA) is 12.0 Å². The van der Waals surface area contributed by atoms with Crippen molar-refractivity contribution in [1.82, 2.24) is 5.32 Å². The summed E-state index contributed by atoms with van der Waals surface area (Å²) in [5.41, 5.74) is 3.34. The van der Waals surface area contributed by atoms with Crippen molar-refractivity contribution in [3.05, 3.63) is 35.4 Å². The quantitative estimate of drug-likeness (QED) is 0.766. The van der Waals surface area contributed by atoms with Crippen molar-refractivity contribution in [2.75, 3.05) is 6.54 Å². The molecule has 1 aliphatic rings. The molecule has 1 aromatic carbocycles. The maximum absolute atomic E-state index is 3.75. The summed E-state index contributed by atoms with van der Waals surface area (Å²) in [4.78, 5) is 0. The molecule has 0 fully saturated rings. The van der Waals surface area contributed by atoms with E-state index < -0.39 is 0 Å². The predicted molar refractivity (Wildman–Crippen MR) is 74.2 cm³/mol. The highest BCUT2D eigenvalue weighted by molar-refractivity contribution is 5.37. The maximum Gasteiger partial charge on any atom is 0.0372 e. The average molecular weight is 231 g/mol. The first-order valence-corrected chi connectivity index (χ1v) is 6.73. The third kappa shape index (κ3) is 2.40. The number of nitrogens with one attached hydrogen (secondary N) is 1. The highest BCUT2D eigenvalue weighted by atomic mass is 14.9. The zero-order valence-corrected chi connectivity index (χ0v) is 11.7. The molecule has 1 nitrogen and oxygen atoms in total. The second-order valence-corrected chi connectivity index (χ2v) is 6.69. The van der Waals surface area contributed by atoms with Crippen molar-refractivity contribution in [3.63, 3.8) is 0 Å². The fourth-order valence-corrected chi connectivity index (χ4v) is 2.94. The number of hydrogen-bond donors (Lipinski definition) is 1. The van der Waals surface area contributed by atoms with Crippen molar-refractivity contribution in [1.29, 1.82) is 0 Å². The third-order valence-corrected chi connectivity index (χ3v) is 3.92. The largest absolute Gasteiger partial charge is 0.309 e.